The first-order valence-corrected chi connectivity index (χ1v) is 8.54. The average Bonchev–Trinajstić information content (AvgIpc) is 2.84. The zero-order chi connectivity index (χ0) is 14.8. The van der Waals surface area contributed by atoms with Gasteiger partial charge in [-0.3, -0.25) is 5.10 Å². The summed E-state index contributed by atoms with van der Waals surface area (Å²) in [4.78, 5) is 0. The molecule has 0 amide bonds. The molecule has 20 heavy (non-hydrogen) atoms. The van der Waals surface area contributed by atoms with E-state index in [0.717, 1.165) is 19.4 Å². The zero-order valence-corrected chi connectivity index (χ0v) is 13.3. The second-order valence-electron chi connectivity index (χ2n) is 6.07. The molecular formula is C13H24N4O2S. The van der Waals surface area contributed by atoms with Crippen LogP contribution in [0.5, 0.6) is 0 Å². The Kier molecular flexibility index (Phi) is 4.51. The number of hydrogen-bond donors (Lipinski definition) is 2. The molecular weight excluding hydrogens is 276 g/mol. The molecule has 6 nitrogen and oxygen atoms in total. The molecule has 0 aliphatic carbocycles. The van der Waals surface area contributed by atoms with Crippen LogP contribution in [0.1, 0.15) is 39.2 Å². The number of hydrogen-bond acceptors (Lipinski definition) is 4. The fourth-order valence-electron chi connectivity index (χ4n) is 2.37. The fourth-order valence-corrected chi connectivity index (χ4v) is 3.91. The molecule has 1 aliphatic heterocycles. The van der Waals surface area contributed by atoms with Gasteiger partial charge in [-0.1, -0.05) is 20.8 Å². The predicted molar refractivity (Wildman–Crippen MR) is 77.7 cm³/mol. The van der Waals surface area contributed by atoms with Gasteiger partial charge in [0.1, 0.15) is 0 Å². The van der Waals surface area contributed by atoms with E-state index in [0.29, 0.717) is 25.2 Å². The summed E-state index contributed by atoms with van der Waals surface area (Å²) >= 11 is 0. The molecule has 1 saturated heterocycles. The summed E-state index contributed by atoms with van der Waals surface area (Å²) in [5, 5.41) is 9.92. The van der Waals surface area contributed by atoms with Gasteiger partial charge < -0.3 is 5.32 Å². The van der Waals surface area contributed by atoms with Crippen molar-refractivity contribution in [1.29, 1.82) is 0 Å². The molecule has 0 radical (unpaired) electrons. The summed E-state index contributed by atoms with van der Waals surface area (Å²) in [6.07, 6.45) is 3.37. The van der Waals surface area contributed by atoms with Crippen LogP contribution in [-0.4, -0.2) is 42.6 Å². The number of piperidine rings is 1. The van der Waals surface area contributed by atoms with E-state index < -0.39 is 10.0 Å². The minimum Gasteiger partial charge on any atom is -0.313 e. The first kappa shape index (κ1) is 15.5. The van der Waals surface area contributed by atoms with Crippen molar-refractivity contribution in [3.63, 3.8) is 0 Å². The molecule has 1 aromatic heterocycles. The Morgan fingerprint density at radius 3 is 2.65 bits per heavy atom. The Morgan fingerprint density at radius 1 is 1.40 bits per heavy atom. The van der Waals surface area contributed by atoms with Crippen molar-refractivity contribution in [2.24, 2.45) is 5.41 Å². The van der Waals surface area contributed by atoms with Crippen LogP contribution in [0.15, 0.2) is 11.2 Å². The largest absolute Gasteiger partial charge is 0.313 e. The van der Waals surface area contributed by atoms with Gasteiger partial charge in [0, 0.05) is 25.2 Å². The number of H-pyrrole nitrogens is 1. The van der Waals surface area contributed by atoms with E-state index in [1.54, 1.807) is 10.5 Å². The molecule has 2 heterocycles. The van der Waals surface area contributed by atoms with Gasteiger partial charge in [-0.2, -0.15) is 9.40 Å². The molecule has 114 valence electrons. The first-order chi connectivity index (χ1) is 9.37. The Bertz CT molecular complexity index is 540. The highest BCUT2D eigenvalue weighted by Crippen LogP contribution is 2.32. The van der Waals surface area contributed by atoms with Crippen molar-refractivity contribution in [1.82, 2.24) is 19.8 Å². The minimum atomic E-state index is -3.45. The lowest BCUT2D eigenvalue weighted by Crippen LogP contribution is -2.41. The van der Waals surface area contributed by atoms with E-state index in [1.165, 1.54) is 0 Å². The van der Waals surface area contributed by atoms with Crippen molar-refractivity contribution in [3.8, 4) is 0 Å². The second-order valence-corrected chi connectivity index (χ2v) is 7.95. The zero-order valence-electron chi connectivity index (χ0n) is 12.4. The molecule has 0 unspecified atom stereocenters. The molecule has 1 aromatic rings. The van der Waals surface area contributed by atoms with Crippen LogP contribution in [-0.2, 0) is 16.6 Å². The molecule has 0 saturated carbocycles. The van der Waals surface area contributed by atoms with Crippen LogP contribution in [0.2, 0.25) is 0 Å². The summed E-state index contributed by atoms with van der Waals surface area (Å²) in [5.74, 6) is 0. The maximum atomic E-state index is 12.7. The van der Waals surface area contributed by atoms with Crippen LogP contribution in [0, 0.1) is 5.41 Å². The van der Waals surface area contributed by atoms with Crippen molar-refractivity contribution in [2.45, 2.75) is 45.2 Å². The Hall–Kier alpha value is -0.920. The number of sulfonamides is 1. The molecule has 7 heteroatoms. The molecule has 0 atom stereocenters. The molecule has 0 spiro atoms. The molecule has 1 aliphatic rings. The topological polar surface area (TPSA) is 78.1 Å². The minimum absolute atomic E-state index is 0.229. The lowest BCUT2D eigenvalue weighted by molar-refractivity contribution is 0.195. The van der Waals surface area contributed by atoms with E-state index >= 15 is 0 Å². The van der Waals surface area contributed by atoms with Gasteiger partial charge in [-0.05, 0) is 24.8 Å². The SMILES string of the molecule is CCNCc1cn[nH]c1S(=O)(=O)N1CCC(C)(C)CC1. The van der Waals surface area contributed by atoms with Crippen molar-refractivity contribution in [3.05, 3.63) is 11.8 Å². The third kappa shape index (κ3) is 3.21. The highest BCUT2D eigenvalue weighted by atomic mass is 32.2. The van der Waals surface area contributed by atoms with E-state index in [-0.39, 0.29) is 10.4 Å². The van der Waals surface area contributed by atoms with Crippen LogP contribution in [0.4, 0.5) is 0 Å². The van der Waals surface area contributed by atoms with Crippen molar-refractivity contribution in [2.75, 3.05) is 19.6 Å². The fraction of sp³-hybridized carbons (Fsp3) is 0.769. The summed E-state index contributed by atoms with van der Waals surface area (Å²) in [6.45, 7) is 8.82. The summed E-state index contributed by atoms with van der Waals surface area (Å²) < 4.78 is 26.9. The summed E-state index contributed by atoms with van der Waals surface area (Å²) in [5.41, 5.74) is 0.934. The molecule has 2 rings (SSSR count). The third-order valence-corrected chi connectivity index (χ3v) is 5.83. The van der Waals surface area contributed by atoms with Gasteiger partial charge in [-0.25, -0.2) is 8.42 Å². The van der Waals surface area contributed by atoms with Gasteiger partial charge in [0.25, 0.3) is 10.0 Å². The van der Waals surface area contributed by atoms with E-state index in [1.807, 2.05) is 6.92 Å². The monoisotopic (exact) mass is 300 g/mol. The smallest absolute Gasteiger partial charge is 0.260 e. The van der Waals surface area contributed by atoms with Gasteiger partial charge in [0.15, 0.2) is 5.03 Å². The number of nitrogens with zero attached hydrogens (tertiary/aromatic N) is 2. The predicted octanol–water partition coefficient (Wildman–Crippen LogP) is 1.33. The van der Waals surface area contributed by atoms with Gasteiger partial charge in [0.05, 0.1) is 6.20 Å². The standard InChI is InChI=1S/C13H24N4O2S/c1-4-14-9-11-10-15-16-12(11)20(18,19)17-7-5-13(2,3)6-8-17/h10,14H,4-9H2,1-3H3,(H,15,16). The van der Waals surface area contributed by atoms with Gasteiger partial charge >= 0.3 is 0 Å². The normalized spacial score (nSPS) is 20.1. The van der Waals surface area contributed by atoms with Crippen molar-refractivity contribution >= 4 is 10.0 Å². The van der Waals surface area contributed by atoms with Crippen LogP contribution in [0.25, 0.3) is 0 Å². The van der Waals surface area contributed by atoms with E-state index in [4.69, 9.17) is 0 Å². The highest BCUT2D eigenvalue weighted by molar-refractivity contribution is 7.89. The first-order valence-electron chi connectivity index (χ1n) is 7.10. The molecule has 1 fully saturated rings. The van der Waals surface area contributed by atoms with Gasteiger partial charge in [-0.15, -0.1) is 0 Å². The second kappa shape index (κ2) is 5.83. The average molecular weight is 300 g/mol. The Balaban J connectivity index is 2.17. The Labute approximate surface area is 121 Å². The summed E-state index contributed by atoms with van der Waals surface area (Å²) in [6, 6.07) is 0. The Morgan fingerprint density at radius 2 is 2.05 bits per heavy atom. The van der Waals surface area contributed by atoms with Crippen LogP contribution < -0.4 is 5.32 Å². The van der Waals surface area contributed by atoms with Crippen LogP contribution in [0.3, 0.4) is 0 Å². The highest BCUT2D eigenvalue weighted by Gasteiger charge is 2.34. The quantitative estimate of drug-likeness (QED) is 0.860. The maximum Gasteiger partial charge on any atom is 0.260 e. The van der Waals surface area contributed by atoms with Crippen molar-refractivity contribution < 1.29 is 8.42 Å². The number of aromatic nitrogens is 2. The molecule has 0 aromatic carbocycles. The molecule has 0 bridgehead atoms. The molecule has 2 N–H and O–H groups in total. The lowest BCUT2D eigenvalue weighted by atomic mass is 9.83. The summed E-state index contributed by atoms with van der Waals surface area (Å²) in [7, 11) is -3.45. The third-order valence-electron chi connectivity index (χ3n) is 3.92. The van der Waals surface area contributed by atoms with Crippen LogP contribution >= 0.6 is 0 Å². The van der Waals surface area contributed by atoms with E-state index in [9.17, 15) is 8.42 Å². The number of rotatable bonds is 5. The number of nitrogens with one attached hydrogen (secondary N) is 2. The maximum absolute atomic E-state index is 12.7. The van der Waals surface area contributed by atoms with E-state index in [2.05, 4.69) is 29.4 Å². The van der Waals surface area contributed by atoms with Gasteiger partial charge in [0.2, 0.25) is 0 Å². The lowest BCUT2D eigenvalue weighted by Gasteiger charge is -2.35. The number of aromatic amines is 1.